The maximum atomic E-state index is 11.0. The highest BCUT2D eigenvalue weighted by Crippen LogP contribution is 2.29. The molecule has 0 spiro atoms. The number of carbonyl (C=O) groups excluding carboxylic acids is 1. The van der Waals surface area contributed by atoms with Crippen LogP contribution in [0.15, 0.2) is 18.2 Å². The molecule has 0 saturated carbocycles. The van der Waals surface area contributed by atoms with Crippen molar-refractivity contribution in [2.45, 2.75) is 12.8 Å². The normalized spacial score (nSPS) is 9.89. The van der Waals surface area contributed by atoms with E-state index in [0.29, 0.717) is 17.9 Å². The van der Waals surface area contributed by atoms with Gasteiger partial charge < -0.3 is 10.1 Å². The van der Waals surface area contributed by atoms with Gasteiger partial charge in [-0.25, -0.2) is 0 Å². The molecular formula is C11H13ClN2O4. The van der Waals surface area contributed by atoms with Gasteiger partial charge in [-0.05, 0) is 12.5 Å². The lowest BCUT2D eigenvalue weighted by molar-refractivity contribution is -0.385. The molecule has 0 saturated heterocycles. The zero-order chi connectivity index (χ0) is 13.5. The Balaban J connectivity index is 2.58. The highest BCUT2D eigenvalue weighted by molar-refractivity contribution is 6.30. The summed E-state index contributed by atoms with van der Waals surface area (Å²) in [6.45, 7) is 0.217. The third-order valence-electron chi connectivity index (χ3n) is 2.20. The molecule has 0 bridgehead atoms. The average molecular weight is 273 g/mol. The van der Waals surface area contributed by atoms with Crippen LogP contribution in [-0.4, -0.2) is 24.5 Å². The van der Waals surface area contributed by atoms with Gasteiger partial charge >= 0.3 is 5.69 Å². The summed E-state index contributed by atoms with van der Waals surface area (Å²) >= 11 is 5.74. The summed E-state index contributed by atoms with van der Waals surface area (Å²) in [5.41, 5.74) is -0.139. The summed E-state index contributed by atoms with van der Waals surface area (Å²) in [4.78, 5) is 21.2. The number of ether oxygens (including phenoxy) is 1. The Labute approximate surface area is 109 Å². The number of benzene rings is 1. The van der Waals surface area contributed by atoms with E-state index in [1.165, 1.54) is 18.2 Å². The third-order valence-corrected chi connectivity index (χ3v) is 2.44. The van der Waals surface area contributed by atoms with Gasteiger partial charge in [0.2, 0.25) is 5.91 Å². The molecule has 0 fully saturated rings. The van der Waals surface area contributed by atoms with E-state index in [0.717, 1.165) is 0 Å². The van der Waals surface area contributed by atoms with E-state index in [9.17, 15) is 14.9 Å². The van der Waals surface area contributed by atoms with E-state index in [2.05, 4.69) is 5.32 Å². The molecule has 1 amide bonds. The van der Waals surface area contributed by atoms with E-state index in [1.807, 2.05) is 0 Å². The Morgan fingerprint density at radius 2 is 2.28 bits per heavy atom. The number of nitrogens with one attached hydrogen (secondary N) is 1. The molecule has 0 aliphatic carbocycles. The maximum Gasteiger partial charge on any atom is 0.311 e. The number of halogens is 1. The lowest BCUT2D eigenvalue weighted by Crippen LogP contribution is -2.18. The number of hydrogen-bond donors (Lipinski definition) is 1. The highest BCUT2D eigenvalue weighted by atomic mass is 35.5. The van der Waals surface area contributed by atoms with Crippen molar-refractivity contribution in [1.29, 1.82) is 0 Å². The third kappa shape index (κ3) is 4.21. The molecule has 0 atom stereocenters. The van der Waals surface area contributed by atoms with E-state index < -0.39 is 4.92 Å². The molecule has 6 nitrogen and oxygen atoms in total. The molecule has 0 aliphatic heterocycles. The SMILES string of the molecule is CNC(=O)CCCOc1cc(Cl)ccc1[N+](=O)[O-]. The number of hydrogen-bond acceptors (Lipinski definition) is 4. The van der Waals surface area contributed by atoms with E-state index in [-0.39, 0.29) is 24.0 Å². The Hall–Kier alpha value is -1.82. The first-order valence-corrected chi connectivity index (χ1v) is 5.69. The van der Waals surface area contributed by atoms with Gasteiger partial charge in [0.1, 0.15) is 0 Å². The lowest BCUT2D eigenvalue weighted by atomic mass is 10.3. The molecule has 0 aromatic heterocycles. The standard InChI is InChI=1S/C11H13ClN2O4/c1-13-11(15)3-2-6-18-10-7-8(12)4-5-9(10)14(16)17/h4-5,7H,2-3,6H2,1H3,(H,13,15). The van der Waals surface area contributed by atoms with E-state index >= 15 is 0 Å². The Morgan fingerprint density at radius 1 is 1.56 bits per heavy atom. The molecule has 1 N–H and O–H groups in total. The first-order chi connectivity index (χ1) is 8.54. The van der Waals surface area contributed by atoms with Crippen LogP contribution in [-0.2, 0) is 4.79 Å². The topological polar surface area (TPSA) is 81.5 Å². The summed E-state index contributed by atoms with van der Waals surface area (Å²) in [7, 11) is 1.55. The minimum atomic E-state index is -0.537. The molecule has 1 aromatic carbocycles. The van der Waals surface area contributed by atoms with Gasteiger partial charge in [0.05, 0.1) is 11.5 Å². The molecular weight excluding hydrogens is 260 g/mol. The van der Waals surface area contributed by atoms with Crippen molar-refractivity contribution in [1.82, 2.24) is 5.32 Å². The van der Waals surface area contributed by atoms with Crippen LogP contribution in [0.25, 0.3) is 0 Å². The number of rotatable bonds is 6. The molecule has 1 rings (SSSR count). The summed E-state index contributed by atoms with van der Waals surface area (Å²) in [5, 5.41) is 13.6. The smallest absolute Gasteiger partial charge is 0.311 e. The number of amides is 1. The summed E-state index contributed by atoms with van der Waals surface area (Å²) in [6.07, 6.45) is 0.786. The number of carbonyl (C=O) groups is 1. The Morgan fingerprint density at radius 3 is 2.89 bits per heavy atom. The van der Waals surface area contributed by atoms with Crippen LogP contribution in [0.1, 0.15) is 12.8 Å². The van der Waals surface area contributed by atoms with Gasteiger partial charge in [0, 0.05) is 30.6 Å². The van der Waals surface area contributed by atoms with Gasteiger partial charge in [-0.1, -0.05) is 11.6 Å². The maximum absolute atomic E-state index is 11.0. The predicted molar refractivity (Wildman–Crippen MR) is 66.9 cm³/mol. The van der Waals surface area contributed by atoms with E-state index in [1.54, 1.807) is 7.05 Å². The van der Waals surface area contributed by atoms with Crippen molar-refractivity contribution < 1.29 is 14.5 Å². The highest BCUT2D eigenvalue weighted by Gasteiger charge is 2.15. The van der Waals surface area contributed by atoms with Crippen LogP contribution < -0.4 is 10.1 Å². The van der Waals surface area contributed by atoms with Gasteiger partial charge in [-0.3, -0.25) is 14.9 Å². The first kappa shape index (κ1) is 14.2. The van der Waals surface area contributed by atoms with Crippen LogP contribution in [0, 0.1) is 10.1 Å². The first-order valence-electron chi connectivity index (χ1n) is 5.32. The molecule has 0 heterocycles. The minimum absolute atomic E-state index is 0.0980. The molecule has 0 radical (unpaired) electrons. The van der Waals surface area contributed by atoms with Crippen LogP contribution in [0.5, 0.6) is 5.75 Å². The van der Waals surface area contributed by atoms with Crippen LogP contribution >= 0.6 is 11.6 Å². The second-order valence-electron chi connectivity index (χ2n) is 3.49. The summed E-state index contributed by atoms with van der Waals surface area (Å²) in [5.74, 6) is 0.0172. The molecule has 98 valence electrons. The average Bonchev–Trinajstić information content (AvgIpc) is 2.34. The Kier molecular flexibility index (Phi) is 5.38. The molecule has 0 aliphatic rings. The summed E-state index contributed by atoms with van der Waals surface area (Å²) < 4.78 is 5.27. The van der Waals surface area contributed by atoms with Crippen molar-refractivity contribution >= 4 is 23.2 Å². The molecule has 1 aromatic rings. The fourth-order valence-corrected chi connectivity index (χ4v) is 1.46. The monoisotopic (exact) mass is 272 g/mol. The fraction of sp³-hybridized carbons (Fsp3) is 0.364. The quantitative estimate of drug-likeness (QED) is 0.489. The molecule has 0 unspecified atom stereocenters. The number of nitro benzene ring substituents is 1. The lowest BCUT2D eigenvalue weighted by Gasteiger charge is -2.06. The van der Waals surface area contributed by atoms with Gasteiger partial charge in [0.25, 0.3) is 0 Å². The van der Waals surface area contributed by atoms with Gasteiger partial charge in [-0.15, -0.1) is 0 Å². The zero-order valence-electron chi connectivity index (χ0n) is 9.81. The second-order valence-corrected chi connectivity index (χ2v) is 3.93. The molecule has 7 heteroatoms. The van der Waals surface area contributed by atoms with Crippen molar-refractivity contribution in [2.24, 2.45) is 0 Å². The Bertz CT molecular complexity index is 451. The minimum Gasteiger partial charge on any atom is -0.487 e. The van der Waals surface area contributed by atoms with Crippen LogP contribution in [0.3, 0.4) is 0 Å². The number of nitro groups is 1. The predicted octanol–water partition coefficient (Wildman–Crippen LogP) is 2.15. The van der Waals surface area contributed by atoms with Gasteiger partial charge in [0.15, 0.2) is 5.75 Å². The zero-order valence-corrected chi connectivity index (χ0v) is 10.6. The van der Waals surface area contributed by atoms with Crippen molar-refractivity contribution in [3.05, 3.63) is 33.3 Å². The summed E-state index contributed by atoms with van der Waals surface area (Å²) in [6, 6.07) is 4.10. The fourth-order valence-electron chi connectivity index (χ4n) is 1.29. The van der Waals surface area contributed by atoms with Crippen molar-refractivity contribution in [2.75, 3.05) is 13.7 Å². The number of nitrogens with zero attached hydrogens (tertiary/aromatic N) is 1. The largest absolute Gasteiger partial charge is 0.487 e. The molecule has 18 heavy (non-hydrogen) atoms. The van der Waals surface area contributed by atoms with Crippen molar-refractivity contribution in [3.8, 4) is 5.75 Å². The van der Waals surface area contributed by atoms with Crippen LogP contribution in [0.4, 0.5) is 5.69 Å². The van der Waals surface area contributed by atoms with E-state index in [4.69, 9.17) is 16.3 Å². The van der Waals surface area contributed by atoms with Crippen molar-refractivity contribution in [3.63, 3.8) is 0 Å². The second kappa shape index (κ2) is 6.80. The van der Waals surface area contributed by atoms with Crippen LogP contribution in [0.2, 0.25) is 5.02 Å². The van der Waals surface area contributed by atoms with Gasteiger partial charge in [-0.2, -0.15) is 0 Å².